The van der Waals surface area contributed by atoms with E-state index in [0.29, 0.717) is 12.1 Å². The van der Waals surface area contributed by atoms with E-state index >= 15 is 0 Å². The molecule has 1 N–H and O–H groups in total. The van der Waals surface area contributed by atoms with Crippen LogP contribution in [-0.2, 0) is 4.79 Å². The molecule has 1 rings (SSSR count). The van der Waals surface area contributed by atoms with Crippen molar-refractivity contribution in [1.29, 1.82) is 5.26 Å². The fourth-order valence-electron chi connectivity index (χ4n) is 1.30. The number of nitro groups is 1. The van der Waals surface area contributed by atoms with Gasteiger partial charge in [0.1, 0.15) is 0 Å². The summed E-state index contributed by atoms with van der Waals surface area (Å²) in [5.41, 5.74) is 0.498. The minimum atomic E-state index is -0.543. The summed E-state index contributed by atoms with van der Waals surface area (Å²) in [6, 6.07) is 6.07. The first-order chi connectivity index (χ1) is 8.54. The molecule has 0 aliphatic carbocycles. The van der Waals surface area contributed by atoms with Crippen LogP contribution in [0.3, 0.4) is 0 Å². The first-order valence-electron chi connectivity index (χ1n) is 5.14. The van der Waals surface area contributed by atoms with Crippen molar-refractivity contribution in [1.82, 2.24) is 5.32 Å². The lowest BCUT2D eigenvalue weighted by atomic mass is 10.1. The van der Waals surface area contributed by atoms with Gasteiger partial charge in [0.25, 0.3) is 5.69 Å². The lowest BCUT2D eigenvalue weighted by molar-refractivity contribution is -0.385. The maximum atomic E-state index is 10.8. The fraction of sp³-hybridized carbons (Fsp3) is 0.167. The van der Waals surface area contributed by atoms with Crippen molar-refractivity contribution in [3.8, 4) is 6.07 Å². The minimum absolute atomic E-state index is 0.131. The third-order valence-corrected chi connectivity index (χ3v) is 2.12. The zero-order valence-corrected chi connectivity index (χ0v) is 9.71. The van der Waals surface area contributed by atoms with Gasteiger partial charge < -0.3 is 5.32 Å². The van der Waals surface area contributed by atoms with Crippen LogP contribution in [0.2, 0.25) is 0 Å². The highest BCUT2D eigenvalue weighted by Crippen LogP contribution is 2.21. The monoisotopic (exact) mass is 245 g/mol. The van der Waals surface area contributed by atoms with Crippen LogP contribution < -0.4 is 5.32 Å². The van der Waals surface area contributed by atoms with Gasteiger partial charge in [-0.05, 0) is 12.1 Å². The third-order valence-electron chi connectivity index (χ3n) is 2.12. The van der Waals surface area contributed by atoms with Crippen molar-refractivity contribution >= 4 is 17.7 Å². The molecule has 0 aromatic heterocycles. The maximum absolute atomic E-state index is 10.8. The molecule has 0 heterocycles. The van der Waals surface area contributed by atoms with Gasteiger partial charge in [0.2, 0.25) is 5.91 Å². The van der Waals surface area contributed by atoms with E-state index in [-0.39, 0.29) is 17.2 Å². The van der Waals surface area contributed by atoms with Crippen LogP contribution in [0.15, 0.2) is 24.3 Å². The number of nitrogens with zero attached hydrogens (tertiary/aromatic N) is 2. The Labute approximate surface area is 104 Å². The van der Waals surface area contributed by atoms with Crippen molar-refractivity contribution in [2.24, 2.45) is 0 Å². The highest BCUT2D eigenvalue weighted by atomic mass is 16.6. The van der Waals surface area contributed by atoms with E-state index in [1.54, 1.807) is 6.08 Å². The SMILES string of the molecule is CC(=O)NCC=Cc1ccc(C#N)cc1[N+](=O)[O-]. The zero-order chi connectivity index (χ0) is 13.5. The maximum Gasteiger partial charge on any atom is 0.277 e. The molecular weight excluding hydrogens is 234 g/mol. The van der Waals surface area contributed by atoms with Crippen LogP contribution in [0.25, 0.3) is 6.08 Å². The molecule has 1 aromatic rings. The summed E-state index contributed by atoms with van der Waals surface area (Å²) in [5.74, 6) is -0.172. The Morgan fingerprint density at radius 1 is 1.61 bits per heavy atom. The first kappa shape index (κ1) is 13.4. The molecule has 0 radical (unpaired) electrons. The van der Waals surface area contributed by atoms with Gasteiger partial charge in [-0.2, -0.15) is 5.26 Å². The molecule has 6 nitrogen and oxygen atoms in total. The predicted octanol–water partition coefficient (Wildman–Crippen LogP) is 1.62. The minimum Gasteiger partial charge on any atom is -0.353 e. The number of amides is 1. The second-order valence-electron chi connectivity index (χ2n) is 3.48. The Hall–Kier alpha value is -2.68. The van der Waals surface area contributed by atoms with Crippen molar-refractivity contribution in [2.75, 3.05) is 6.54 Å². The highest BCUT2D eigenvalue weighted by molar-refractivity contribution is 5.73. The second kappa shape index (κ2) is 6.15. The largest absolute Gasteiger partial charge is 0.353 e. The lowest BCUT2D eigenvalue weighted by Crippen LogP contribution is -2.19. The normalized spacial score (nSPS) is 10.0. The van der Waals surface area contributed by atoms with Gasteiger partial charge in [-0.25, -0.2) is 0 Å². The van der Waals surface area contributed by atoms with Gasteiger partial charge in [0.15, 0.2) is 0 Å². The van der Waals surface area contributed by atoms with Gasteiger partial charge in [0.05, 0.1) is 22.1 Å². The van der Waals surface area contributed by atoms with Crippen LogP contribution in [0.1, 0.15) is 18.1 Å². The molecule has 18 heavy (non-hydrogen) atoms. The van der Waals surface area contributed by atoms with E-state index in [0.717, 1.165) is 0 Å². The van der Waals surface area contributed by atoms with Crippen LogP contribution >= 0.6 is 0 Å². The summed E-state index contributed by atoms with van der Waals surface area (Å²) >= 11 is 0. The summed E-state index contributed by atoms with van der Waals surface area (Å²) < 4.78 is 0. The summed E-state index contributed by atoms with van der Waals surface area (Å²) in [6.07, 6.45) is 3.14. The van der Waals surface area contributed by atoms with Crippen molar-refractivity contribution in [3.05, 3.63) is 45.5 Å². The third kappa shape index (κ3) is 3.72. The number of hydrogen-bond acceptors (Lipinski definition) is 4. The summed E-state index contributed by atoms with van der Waals surface area (Å²) in [4.78, 5) is 20.9. The quantitative estimate of drug-likeness (QED) is 0.643. The van der Waals surface area contributed by atoms with Crippen LogP contribution in [0.5, 0.6) is 0 Å². The molecule has 6 heteroatoms. The van der Waals surface area contributed by atoms with Crippen LogP contribution in [-0.4, -0.2) is 17.4 Å². The molecule has 0 aliphatic rings. The zero-order valence-electron chi connectivity index (χ0n) is 9.71. The number of nitriles is 1. The summed E-state index contributed by atoms with van der Waals surface area (Å²) in [7, 11) is 0. The number of nitro benzene ring substituents is 1. The molecular formula is C12H11N3O3. The highest BCUT2D eigenvalue weighted by Gasteiger charge is 2.12. The topological polar surface area (TPSA) is 96.0 Å². The predicted molar refractivity (Wildman–Crippen MR) is 65.5 cm³/mol. The van der Waals surface area contributed by atoms with Crippen molar-refractivity contribution in [2.45, 2.75) is 6.92 Å². The molecule has 0 unspecified atom stereocenters. The number of nitrogens with one attached hydrogen (secondary N) is 1. The van der Waals surface area contributed by atoms with E-state index in [1.807, 2.05) is 6.07 Å². The van der Waals surface area contributed by atoms with E-state index in [9.17, 15) is 14.9 Å². The number of carbonyl (C=O) groups is 1. The standard InChI is InChI=1S/C12H11N3O3/c1-9(16)14-6-2-3-11-5-4-10(8-13)7-12(11)15(17)18/h2-5,7H,6H2,1H3,(H,14,16). The molecule has 0 fully saturated rings. The number of benzene rings is 1. The molecule has 0 saturated carbocycles. The van der Waals surface area contributed by atoms with Gasteiger partial charge in [-0.1, -0.05) is 12.2 Å². The van der Waals surface area contributed by atoms with Crippen LogP contribution in [0, 0.1) is 21.4 Å². The number of rotatable bonds is 4. The Morgan fingerprint density at radius 2 is 2.33 bits per heavy atom. The smallest absolute Gasteiger partial charge is 0.277 e. The Kier molecular flexibility index (Phi) is 4.58. The summed E-state index contributed by atoms with van der Waals surface area (Å²) in [5, 5.41) is 22.0. The van der Waals surface area contributed by atoms with Crippen molar-refractivity contribution in [3.63, 3.8) is 0 Å². The Bertz CT molecular complexity index is 544. The van der Waals surface area contributed by atoms with Gasteiger partial charge in [-0.15, -0.1) is 0 Å². The average molecular weight is 245 g/mol. The number of carbonyl (C=O) groups excluding carboxylic acids is 1. The number of hydrogen-bond donors (Lipinski definition) is 1. The molecule has 0 spiro atoms. The molecule has 1 amide bonds. The van der Waals surface area contributed by atoms with Gasteiger partial charge in [-0.3, -0.25) is 14.9 Å². The molecule has 1 aromatic carbocycles. The van der Waals surface area contributed by atoms with Crippen LogP contribution in [0.4, 0.5) is 5.69 Å². The average Bonchev–Trinajstić information content (AvgIpc) is 2.34. The second-order valence-corrected chi connectivity index (χ2v) is 3.48. The lowest BCUT2D eigenvalue weighted by Gasteiger charge is -1.98. The van der Waals surface area contributed by atoms with Gasteiger partial charge >= 0.3 is 0 Å². The Morgan fingerprint density at radius 3 is 2.89 bits per heavy atom. The van der Waals surface area contributed by atoms with E-state index in [4.69, 9.17) is 5.26 Å². The van der Waals surface area contributed by atoms with E-state index in [2.05, 4.69) is 5.32 Å². The molecule has 0 bridgehead atoms. The molecule has 92 valence electrons. The molecule has 0 saturated heterocycles. The Balaban J connectivity index is 2.92. The molecule has 0 atom stereocenters. The van der Waals surface area contributed by atoms with E-state index < -0.39 is 4.92 Å². The van der Waals surface area contributed by atoms with Crippen molar-refractivity contribution < 1.29 is 9.72 Å². The first-order valence-corrected chi connectivity index (χ1v) is 5.14. The molecule has 0 aliphatic heterocycles. The van der Waals surface area contributed by atoms with E-state index in [1.165, 1.54) is 31.2 Å². The fourth-order valence-corrected chi connectivity index (χ4v) is 1.30. The summed E-state index contributed by atoms with van der Waals surface area (Å²) in [6.45, 7) is 1.69. The van der Waals surface area contributed by atoms with Gasteiger partial charge in [0, 0.05) is 19.5 Å².